The minimum atomic E-state index is -1.31. The van der Waals surface area contributed by atoms with Gasteiger partial charge in [-0.25, -0.2) is 4.39 Å². The molecule has 0 aliphatic carbocycles. The average Bonchev–Trinajstić information content (AvgIpc) is 2.81. The fourth-order valence-electron chi connectivity index (χ4n) is 2.21. The zero-order valence-corrected chi connectivity index (χ0v) is 13.2. The van der Waals surface area contributed by atoms with Crippen LogP contribution in [0.1, 0.15) is 44.6 Å². The van der Waals surface area contributed by atoms with Gasteiger partial charge in [-0.1, -0.05) is 6.92 Å². The van der Waals surface area contributed by atoms with Gasteiger partial charge in [-0.3, -0.25) is 9.67 Å². The molecule has 1 unspecified atom stereocenters. The summed E-state index contributed by atoms with van der Waals surface area (Å²) in [6, 6.07) is 2.89. The molecule has 0 amide bonds. The normalized spacial score (nSPS) is 14.6. The standard InChI is InChI=1S/C14H17BrFN3O/c1-4-14(20,12-6-5-10(16)7-17-12)13-11(15)8-18-19(13)9(2)3/h5-9,20H,4H2,1-3H3. The summed E-state index contributed by atoms with van der Waals surface area (Å²) in [6.45, 7) is 5.82. The molecule has 0 aliphatic heterocycles. The van der Waals surface area contributed by atoms with Crippen LogP contribution in [0.25, 0.3) is 0 Å². The first-order valence-corrected chi connectivity index (χ1v) is 7.27. The zero-order chi connectivity index (χ0) is 14.9. The van der Waals surface area contributed by atoms with E-state index in [-0.39, 0.29) is 6.04 Å². The van der Waals surface area contributed by atoms with Crippen LogP contribution in [0.3, 0.4) is 0 Å². The highest BCUT2D eigenvalue weighted by atomic mass is 79.9. The Hall–Kier alpha value is -1.27. The van der Waals surface area contributed by atoms with Gasteiger partial charge in [-0.15, -0.1) is 0 Å². The Balaban J connectivity index is 2.61. The van der Waals surface area contributed by atoms with E-state index in [1.54, 1.807) is 10.9 Å². The van der Waals surface area contributed by atoms with Gasteiger partial charge in [0.15, 0.2) is 0 Å². The van der Waals surface area contributed by atoms with Gasteiger partial charge in [0.05, 0.1) is 28.3 Å². The van der Waals surface area contributed by atoms with Crippen LogP contribution in [0.2, 0.25) is 0 Å². The third-order valence-corrected chi connectivity index (χ3v) is 3.87. The molecule has 0 fully saturated rings. The Kier molecular flexibility index (Phi) is 4.25. The number of hydrogen-bond acceptors (Lipinski definition) is 3. The molecule has 20 heavy (non-hydrogen) atoms. The van der Waals surface area contributed by atoms with Gasteiger partial charge >= 0.3 is 0 Å². The van der Waals surface area contributed by atoms with Crippen LogP contribution in [0.5, 0.6) is 0 Å². The van der Waals surface area contributed by atoms with E-state index in [1.807, 2.05) is 20.8 Å². The molecule has 0 bridgehead atoms. The van der Waals surface area contributed by atoms with E-state index in [2.05, 4.69) is 26.0 Å². The van der Waals surface area contributed by atoms with Gasteiger partial charge < -0.3 is 5.11 Å². The zero-order valence-electron chi connectivity index (χ0n) is 11.6. The van der Waals surface area contributed by atoms with Crippen LogP contribution in [-0.4, -0.2) is 19.9 Å². The van der Waals surface area contributed by atoms with Crippen molar-refractivity contribution >= 4 is 15.9 Å². The Morgan fingerprint density at radius 3 is 2.60 bits per heavy atom. The molecule has 0 spiro atoms. The molecular weight excluding hydrogens is 325 g/mol. The molecular formula is C14H17BrFN3O. The SMILES string of the molecule is CCC(O)(c1ccc(F)cn1)c1c(Br)cnn1C(C)C. The predicted octanol–water partition coefficient (Wildman–Crippen LogP) is 3.41. The highest BCUT2D eigenvalue weighted by Crippen LogP contribution is 2.37. The van der Waals surface area contributed by atoms with Crippen LogP contribution < -0.4 is 0 Å². The summed E-state index contributed by atoms with van der Waals surface area (Å²) < 4.78 is 15.5. The van der Waals surface area contributed by atoms with Crippen molar-refractivity contribution < 1.29 is 9.50 Å². The monoisotopic (exact) mass is 341 g/mol. The van der Waals surface area contributed by atoms with Crippen LogP contribution in [0.4, 0.5) is 4.39 Å². The van der Waals surface area contributed by atoms with Gasteiger partial charge in [0.2, 0.25) is 0 Å². The molecule has 0 saturated carbocycles. The van der Waals surface area contributed by atoms with Crippen molar-refractivity contribution in [1.29, 1.82) is 0 Å². The number of aliphatic hydroxyl groups is 1. The molecule has 1 N–H and O–H groups in total. The third-order valence-electron chi connectivity index (χ3n) is 3.29. The van der Waals surface area contributed by atoms with E-state index >= 15 is 0 Å². The fraction of sp³-hybridized carbons (Fsp3) is 0.429. The van der Waals surface area contributed by atoms with E-state index in [1.165, 1.54) is 12.1 Å². The summed E-state index contributed by atoms with van der Waals surface area (Å²) in [5.74, 6) is -0.427. The van der Waals surface area contributed by atoms with Crippen molar-refractivity contribution in [2.24, 2.45) is 0 Å². The maximum absolute atomic E-state index is 13.0. The summed E-state index contributed by atoms with van der Waals surface area (Å²) >= 11 is 3.43. The lowest BCUT2D eigenvalue weighted by Crippen LogP contribution is -2.32. The molecule has 2 rings (SSSR count). The molecule has 2 heterocycles. The summed E-state index contributed by atoms with van der Waals surface area (Å²) in [5, 5.41) is 15.4. The highest BCUT2D eigenvalue weighted by Gasteiger charge is 2.37. The molecule has 4 nitrogen and oxygen atoms in total. The van der Waals surface area contributed by atoms with Crippen molar-refractivity contribution in [2.45, 2.75) is 38.8 Å². The lowest BCUT2D eigenvalue weighted by molar-refractivity contribution is 0.0598. The molecule has 2 aromatic heterocycles. The smallest absolute Gasteiger partial charge is 0.149 e. The number of pyridine rings is 1. The Labute approximate surface area is 125 Å². The minimum Gasteiger partial charge on any atom is -0.377 e. The maximum Gasteiger partial charge on any atom is 0.149 e. The van der Waals surface area contributed by atoms with Crippen LogP contribution in [0, 0.1) is 5.82 Å². The largest absolute Gasteiger partial charge is 0.377 e. The van der Waals surface area contributed by atoms with Gasteiger partial charge in [0.1, 0.15) is 11.4 Å². The van der Waals surface area contributed by atoms with Gasteiger partial charge in [0.25, 0.3) is 0 Å². The molecule has 0 radical (unpaired) electrons. The van der Waals surface area contributed by atoms with E-state index < -0.39 is 11.4 Å². The second-order valence-electron chi connectivity index (χ2n) is 4.95. The van der Waals surface area contributed by atoms with Crippen molar-refractivity contribution in [2.75, 3.05) is 0 Å². The van der Waals surface area contributed by atoms with E-state index in [0.717, 1.165) is 6.20 Å². The van der Waals surface area contributed by atoms with Crippen LogP contribution in [-0.2, 0) is 5.60 Å². The molecule has 0 saturated heterocycles. The Morgan fingerprint density at radius 2 is 2.10 bits per heavy atom. The summed E-state index contributed by atoms with van der Waals surface area (Å²) in [5.41, 5.74) is -0.272. The molecule has 2 aromatic rings. The molecule has 108 valence electrons. The van der Waals surface area contributed by atoms with Crippen molar-refractivity contribution in [3.8, 4) is 0 Å². The number of hydrogen-bond donors (Lipinski definition) is 1. The molecule has 0 aromatic carbocycles. The minimum absolute atomic E-state index is 0.0924. The average molecular weight is 342 g/mol. The second-order valence-corrected chi connectivity index (χ2v) is 5.81. The van der Waals surface area contributed by atoms with E-state index in [4.69, 9.17) is 0 Å². The van der Waals surface area contributed by atoms with Crippen molar-refractivity contribution in [1.82, 2.24) is 14.8 Å². The second kappa shape index (κ2) is 5.61. The van der Waals surface area contributed by atoms with Crippen molar-refractivity contribution in [3.63, 3.8) is 0 Å². The molecule has 6 heteroatoms. The first kappa shape index (κ1) is 15.1. The Bertz CT molecular complexity index is 597. The maximum atomic E-state index is 13.0. The number of nitrogens with zero attached hydrogens (tertiary/aromatic N) is 3. The number of halogens is 2. The summed E-state index contributed by atoms with van der Waals surface area (Å²) in [7, 11) is 0. The topological polar surface area (TPSA) is 50.9 Å². The summed E-state index contributed by atoms with van der Waals surface area (Å²) in [6.07, 6.45) is 3.17. The van der Waals surface area contributed by atoms with Gasteiger partial charge in [0, 0.05) is 6.04 Å². The highest BCUT2D eigenvalue weighted by molar-refractivity contribution is 9.10. The van der Waals surface area contributed by atoms with Crippen LogP contribution >= 0.6 is 15.9 Å². The van der Waals surface area contributed by atoms with Crippen LogP contribution in [0.15, 0.2) is 29.0 Å². The lowest BCUT2D eigenvalue weighted by Gasteiger charge is -2.28. The fourth-order valence-corrected chi connectivity index (χ4v) is 2.81. The quantitative estimate of drug-likeness (QED) is 0.926. The lowest BCUT2D eigenvalue weighted by atomic mass is 9.91. The first-order valence-electron chi connectivity index (χ1n) is 6.48. The van der Waals surface area contributed by atoms with Gasteiger partial charge in [-0.2, -0.15) is 5.10 Å². The predicted molar refractivity (Wildman–Crippen MR) is 77.8 cm³/mol. The Morgan fingerprint density at radius 1 is 1.40 bits per heavy atom. The third kappa shape index (κ3) is 2.50. The van der Waals surface area contributed by atoms with Gasteiger partial charge in [-0.05, 0) is 48.3 Å². The number of aromatic nitrogens is 3. The first-order chi connectivity index (χ1) is 9.40. The van der Waals surface area contributed by atoms with E-state index in [0.29, 0.717) is 22.3 Å². The van der Waals surface area contributed by atoms with E-state index in [9.17, 15) is 9.50 Å². The van der Waals surface area contributed by atoms with Crippen molar-refractivity contribution in [3.05, 3.63) is 46.2 Å². The molecule has 1 atom stereocenters. The summed E-state index contributed by atoms with van der Waals surface area (Å²) in [4.78, 5) is 4.03. The molecule has 0 aliphatic rings. The number of rotatable bonds is 4.